The van der Waals surface area contributed by atoms with Gasteiger partial charge in [0.2, 0.25) is 0 Å². The van der Waals surface area contributed by atoms with E-state index in [1.807, 2.05) is 6.07 Å². The van der Waals surface area contributed by atoms with E-state index in [1.54, 1.807) is 29.5 Å². The molecule has 0 aliphatic heterocycles. The van der Waals surface area contributed by atoms with Crippen molar-refractivity contribution in [3.05, 3.63) is 106 Å². The fourth-order valence-electron chi connectivity index (χ4n) is 5.30. The minimum absolute atomic E-state index is 0.268. The van der Waals surface area contributed by atoms with Gasteiger partial charge in [-0.05, 0) is 54.2 Å². The second kappa shape index (κ2) is 12.3. The monoisotopic (exact) mass is 537 g/mol. The SMILES string of the molecule is CCCC(CCC)c1ccc(Cn2cc(-c3csc(CNc4cccc(C(=O)O)c4)n3)c3ccccc32)cc1. The van der Waals surface area contributed by atoms with Crippen molar-refractivity contribution in [2.45, 2.75) is 58.5 Å². The first-order chi connectivity index (χ1) is 19.1. The van der Waals surface area contributed by atoms with Gasteiger partial charge in [-0.25, -0.2) is 9.78 Å². The van der Waals surface area contributed by atoms with E-state index in [0.29, 0.717) is 12.5 Å². The molecule has 0 fully saturated rings. The van der Waals surface area contributed by atoms with Crippen molar-refractivity contribution in [2.75, 3.05) is 5.32 Å². The molecule has 5 rings (SSSR count). The number of aromatic carboxylic acids is 1. The van der Waals surface area contributed by atoms with Crippen LogP contribution in [0.4, 0.5) is 5.69 Å². The summed E-state index contributed by atoms with van der Waals surface area (Å²) < 4.78 is 2.32. The van der Waals surface area contributed by atoms with Crippen LogP contribution >= 0.6 is 11.3 Å². The molecule has 0 saturated heterocycles. The van der Waals surface area contributed by atoms with Crippen molar-refractivity contribution in [1.29, 1.82) is 0 Å². The molecule has 200 valence electrons. The van der Waals surface area contributed by atoms with Gasteiger partial charge >= 0.3 is 5.97 Å². The van der Waals surface area contributed by atoms with Gasteiger partial charge in [0.25, 0.3) is 0 Å². The number of para-hydroxylation sites is 1. The van der Waals surface area contributed by atoms with Gasteiger partial charge in [0, 0.05) is 40.3 Å². The Hall–Kier alpha value is -3.90. The first kappa shape index (κ1) is 26.7. The number of carbonyl (C=O) groups is 1. The third-order valence-electron chi connectivity index (χ3n) is 7.25. The van der Waals surface area contributed by atoms with Crippen molar-refractivity contribution >= 4 is 33.9 Å². The quantitative estimate of drug-likeness (QED) is 0.167. The zero-order chi connectivity index (χ0) is 27.2. The number of nitrogens with zero attached hydrogens (tertiary/aromatic N) is 2. The molecule has 0 saturated carbocycles. The number of carboxylic acid groups (broad SMARTS) is 1. The maximum atomic E-state index is 11.3. The zero-order valence-corrected chi connectivity index (χ0v) is 23.4. The Balaban J connectivity index is 1.34. The van der Waals surface area contributed by atoms with Crippen molar-refractivity contribution in [3.63, 3.8) is 0 Å². The largest absolute Gasteiger partial charge is 0.478 e. The number of rotatable bonds is 12. The molecule has 5 aromatic rings. The summed E-state index contributed by atoms with van der Waals surface area (Å²) >= 11 is 1.61. The van der Waals surface area contributed by atoms with Crippen molar-refractivity contribution in [1.82, 2.24) is 9.55 Å². The molecule has 2 aromatic heterocycles. The summed E-state index contributed by atoms with van der Waals surface area (Å²) in [5, 5.41) is 16.8. The lowest BCUT2D eigenvalue weighted by Gasteiger charge is -2.16. The van der Waals surface area contributed by atoms with E-state index in [-0.39, 0.29) is 5.56 Å². The van der Waals surface area contributed by atoms with E-state index >= 15 is 0 Å². The van der Waals surface area contributed by atoms with E-state index < -0.39 is 5.97 Å². The average molecular weight is 538 g/mol. The number of fused-ring (bicyclic) bond motifs is 1. The Bertz CT molecular complexity index is 1550. The third kappa shape index (κ3) is 6.23. The molecular weight excluding hydrogens is 502 g/mol. The highest BCUT2D eigenvalue weighted by Gasteiger charge is 2.14. The molecule has 0 bridgehead atoms. The van der Waals surface area contributed by atoms with Crippen LogP contribution < -0.4 is 5.32 Å². The standard InChI is InChI=1S/C33H35N3O2S/c1-3-8-24(9-4-2)25-16-14-23(15-17-25)20-36-21-29(28-12-5-6-13-31(28)36)30-22-39-32(35-30)19-34-27-11-7-10-26(18-27)33(37)38/h5-7,10-18,21-22,24,34H,3-4,8-9,19-20H2,1-2H3,(H,37,38). The van der Waals surface area contributed by atoms with Crippen LogP contribution in [-0.4, -0.2) is 20.6 Å². The molecule has 0 spiro atoms. The van der Waals surface area contributed by atoms with Crippen molar-refractivity contribution < 1.29 is 9.90 Å². The number of hydrogen-bond donors (Lipinski definition) is 2. The second-order valence-electron chi connectivity index (χ2n) is 10.1. The van der Waals surface area contributed by atoms with E-state index in [0.717, 1.165) is 28.5 Å². The molecule has 2 heterocycles. The number of nitrogens with one attached hydrogen (secondary N) is 1. The van der Waals surface area contributed by atoms with Crippen LogP contribution in [0, 0.1) is 0 Å². The Morgan fingerprint density at radius 2 is 1.77 bits per heavy atom. The molecule has 0 aliphatic carbocycles. The molecular formula is C33H35N3O2S. The molecule has 0 radical (unpaired) electrons. The topological polar surface area (TPSA) is 67.2 Å². The van der Waals surface area contributed by atoms with E-state index in [4.69, 9.17) is 4.98 Å². The number of anilines is 1. The zero-order valence-electron chi connectivity index (χ0n) is 22.6. The fraction of sp³-hybridized carbons (Fsp3) is 0.273. The molecule has 6 heteroatoms. The summed E-state index contributed by atoms with van der Waals surface area (Å²) in [5.41, 5.74) is 7.08. The smallest absolute Gasteiger partial charge is 0.335 e. The van der Waals surface area contributed by atoms with Crippen LogP contribution in [0.3, 0.4) is 0 Å². The van der Waals surface area contributed by atoms with Gasteiger partial charge in [-0.3, -0.25) is 0 Å². The summed E-state index contributed by atoms with van der Waals surface area (Å²) in [4.78, 5) is 16.2. The van der Waals surface area contributed by atoms with Crippen molar-refractivity contribution in [3.8, 4) is 11.3 Å². The molecule has 0 atom stereocenters. The van der Waals surface area contributed by atoms with Gasteiger partial charge in [0.1, 0.15) is 5.01 Å². The minimum Gasteiger partial charge on any atom is -0.478 e. The van der Waals surface area contributed by atoms with Gasteiger partial charge in [0.05, 0.1) is 17.8 Å². The Labute approximate surface area is 234 Å². The summed E-state index contributed by atoms with van der Waals surface area (Å²) in [5.74, 6) is -0.276. The first-order valence-corrected chi connectivity index (χ1v) is 14.6. The number of carboxylic acids is 1. The second-order valence-corrected chi connectivity index (χ2v) is 11.0. The Morgan fingerprint density at radius 1 is 1.00 bits per heavy atom. The van der Waals surface area contributed by atoms with Gasteiger partial charge in [-0.15, -0.1) is 11.3 Å². The lowest BCUT2D eigenvalue weighted by molar-refractivity contribution is 0.0697. The number of benzene rings is 3. The highest BCUT2D eigenvalue weighted by atomic mass is 32.1. The normalized spacial score (nSPS) is 11.4. The van der Waals surface area contributed by atoms with Crippen LogP contribution in [0.2, 0.25) is 0 Å². The molecule has 0 aliphatic rings. The summed E-state index contributed by atoms with van der Waals surface area (Å²) in [6.07, 6.45) is 7.16. The van der Waals surface area contributed by atoms with Crippen LogP contribution in [0.5, 0.6) is 0 Å². The predicted octanol–water partition coefficient (Wildman–Crippen LogP) is 8.81. The fourth-order valence-corrected chi connectivity index (χ4v) is 6.04. The van der Waals surface area contributed by atoms with Crippen LogP contribution in [0.15, 0.2) is 84.4 Å². The van der Waals surface area contributed by atoms with E-state index in [1.165, 1.54) is 47.7 Å². The number of aromatic nitrogens is 2. The van der Waals surface area contributed by atoms with Crippen LogP contribution in [0.25, 0.3) is 22.2 Å². The third-order valence-corrected chi connectivity index (χ3v) is 8.10. The lowest BCUT2D eigenvalue weighted by Crippen LogP contribution is -2.01. The first-order valence-electron chi connectivity index (χ1n) is 13.7. The number of thiazole rings is 1. The highest BCUT2D eigenvalue weighted by molar-refractivity contribution is 7.10. The van der Waals surface area contributed by atoms with E-state index in [9.17, 15) is 9.90 Å². The highest BCUT2D eigenvalue weighted by Crippen LogP contribution is 2.33. The maximum Gasteiger partial charge on any atom is 0.335 e. The van der Waals surface area contributed by atoms with Crippen LogP contribution in [-0.2, 0) is 13.1 Å². The summed E-state index contributed by atoms with van der Waals surface area (Å²) in [6, 6.07) is 24.6. The molecule has 0 unspecified atom stereocenters. The summed E-state index contributed by atoms with van der Waals surface area (Å²) in [7, 11) is 0. The molecule has 0 amide bonds. The Kier molecular flexibility index (Phi) is 8.42. The number of hydrogen-bond acceptors (Lipinski definition) is 4. The van der Waals surface area contributed by atoms with Gasteiger partial charge in [-0.2, -0.15) is 0 Å². The van der Waals surface area contributed by atoms with Gasteiger partial charge < -0.3 is 15.0 Å². The van der Waals surface area contributed by atoms with Crippen LogP contribution in [0.1, 0.15) is 71.9 Å². The predicted molar refractivity (Wildman–Crippen MR) is 162 cm³/mol. The molecule has 5 nitrogen and oxygen atoms in total. The molecule has 39 heavy (non-hydrogen) atoms. The maximum absolute atomic E-state index is 11.3. The summed E-state index contributed by atoms with van der Waals surface area (Å²) in [6.45, 7) is 5.89. The Morgan fingerprint density at radius 3 is 2.51 bits per heavy atom. The lowest BCUT2D eigenvalue weighted by atomic mass is 9.90. The molecule has 3 aromatic carbocycles. The van der Waals surface area contributed by atoms with Crippen molar-refractivity contribution in [2.24, 2.45) is 0 Å². The van der Waals surface area contributed by atoms with Gasteiger partial charge in [0.15, 0.2) is 0 Å². The van der Waals surface area contributed by atoms with Gasteiger partial charge in [-0.1, -0.05) is 75.2 Å². The molecule has 2 N–H and O–H groups in total. The minimum atomic E-state index is -0.931. The average Bonchev–Trinajstić information content (AvgIpc) is 3.57. The van der Waals surface area contributed by atoms with E-state index in [2.05, 4.69) is 83.8 Å².